The number of nitrogens with one attached hydrogen (secondary N) is 2. The van der Waals surface area contributed by atoms with Crippen LogP contribution in [0.1, 0.15) is 18.7 Å². The van der Waals surface area contributed by atoms with Crippen molar-refractivity contribution in [2.45, 2.75) is 19.7 Å². The lowest BCUT2D eigenvalue weighted by molar-refractivity contribution is 0.206. The monoisotopic (exact) mass is 570 g/mol. The van der Waals surface area contributed by atoms with Gasteiger partial charge >= 0.3 is 0 Å². The third kappa shape index (κ3) is 4.95. The van der Waals surface area contributed by atoms with Gasteiger partial charge in [0, 0.05) is 41.0 Å². The highest BCUT2D eigenvalue weighted by molar-refractivity contribution is 5.88. The molecular weight excluding hydrogens is 546 g/mol. The lowest BCUT2D eigenvalue weighted by Gasteiger charge is -2.17. The molecule has 6 rings (SSSR count). The number of ether oxygens (including phenoxy) is 1. The Labute approximate surface area is 237 Å². The van der Waals surface area contributed by atoms with Crippen molar-refractivity contribution in [3.05, 3.63) is 113 Å². The zero-order chi connectivity index (χ0) is 29.4. The number of aryl methyl sites for hydroxylation is 1. The predicted octanol–water partition coefficient (Wildman–Crippen LogP) is 5.48. The molecule has 0 saturated carbocycles. The van der Waals surface area contributed by atoms with Gasteiger partial charge in [-0.1, -0.05) is 0 Å². The van der Waals surface area contributed by atoms with Crippen molar-refractivity contribution in [2.75, 3.05) is 5.32 Å². The summed E-state index contributed by atoms with van der Waals surface area (Å²) >= 11 is 0. The number of aliphatic hydroxyl groups is 1. The summed E-state index contributed by atoms with van der Waals surface area (Å²) in [7, 11) is 0. The first-order chi connectivity index (χ1) is 20.3. The maximum atomic E-state index is 15.3. The minimum absolute atomic E-state index is 0.0645. The molecule has 0 aliphatic heterocycles. The average Bonchev–Trinajstić information content (AvgIpc) is 3.65. The summed E-state index contributed by atoms with van der Waals surface area (Å²) in [6, 6.07) is 15.1. The van der Waals surface area contributed by atoms with E-state index in [0.717, 1.165) is 39.2 Å². The Morgan fingerprint density at radius 2 is 1.83 bits per heavy atom. The van der Waals surface area contributed by atoms with E-state index >= 15 is 4.39 Å². The standard InChI is InChI=1S/C30H24F2N6O4/c1-2-37-25-13-23(18-14-33-34-15-18)27(11-17(25)16-35-37)42-26-9-5-20(12-24(26)32)36-29(40)22-8-10-28(39)38(30(22)41)21-6-3-19(31)4-7-21/h3-16,29,36,39-40H,2H2,1H3,(H,33,34). The molecule has 0 aliphatic carbocycles. The fourth-order valence-electron chi connectivity index (χ4n) is 4.68. The van der Waals surface area contributed by atoms with E-state index in [1.807, 2.05) is 17.7 Å². The predicted molar refractivity (Wildman–Crippen MR) is 152 cm³/mol. The van der Waals surface area contributed by atoms with E-state index in [9.17, 15) is 19.4 Å². The number of halogens is 2. The molecule has 0 saturated heterocycles. The molecular formula is C30H24F2N6O4. The molecule has 0 aliphatic rings. The van der Waals surface area contributed by atoms with Crippen LogP contribution in [0.3, 0.4) is 0 Å². The second kappa shape index (κ2) is 10.8. The number of anilines is 1. The van der Waals surface area contributed by atoms with Crippen LogP contribution in [0.15, 0.2) is 90.1 Å². The second-order valence-electron chi connectivity index (χ2n) is 9.41. The molecule has 212 valence electrons. The SMILES string of the molecule is CCn1ncc2cc(Oc3ccc(NC(O)c4ccc(O)n(-c5ccc(F)cc5)c4=O)cc3F)c(-c3cn[nH]c3)cc21. The number of aromatic hydroxyl groups is 1. The smallest absolute Gasteiger partial charge is 0.265 e. The van der Waals surface area contributed by atoms with E-state index in [1.54, 1.807) is 24.7 Å². The van der Waals surface area contributed by atoms with Gasteiger partial charge in [0.05, 0.1) is 29.2 Å². The topological polar surface area (TPSA) is 130 Å². The lowest BCUT2D eigenvalue weighted by atomic mass is 10.1. The van der Waals surface area contributed by atoms with Crippen molar-refractivity contribution >= 4 is 16.6 Å². The van der Waals surface area contributed by atoms with E-state index in [4.69, 9.17) is 4.74 Å². The van der Waals surface area contributed by atoms with Crippen LogP contribution in [-0.2, 0) is 6.54 Å². The molecule has 0 bridgehead atoms. The van der Waals surface area contributed by atoms with Crippen LogP contribution in [0.2, 0.25) is 0 Å². The summed E-state index contributed by atoms with van der Waals surface area (Å²) in [5.41, 5.74) is 1.84. The summed E-state index contributed by atoms with van der Waals surface area (Å²) in [5.74, 6) is -1.30. The molecule has 6 aromatic rings. The summed E-state index contributed by atoms with van der Waals surface area (Å²) in [6.07, 6.45) is 3.50. The number of rotatable bonds is 8. The minimum atomic E-state index is -1.55. The average molecular weight is 571 g/mol. The van der Waals surface area contributed by atoms with Gasteiger partial charge < -0.3 is 20.3 Å². The van der Waals surface area contributed by atoms with Crippen molar-refractivity contribution in [2.24, 2.45) is 0 Å². The third-order valence-corrected chi connectivity index (χ3v) is 6.78. The molecule has 1 unspecified atom stereocenters. The van der Waals surface area contributed by atoms with Gasteiger partial charge in [0.15, 0.2) is 23.7 Å². The summed E-state index contributed by atoms with van der Waals surface area (Å²) < 4.78 is 37.4. The van der Waals surface area contributed by atoms with E-state index in [1.165, 1.54) is 36.4 Å². The maximum Gasteiger partial charge on any atom is 0.265 e. The number of nitrogens with zero attached hydrogens (tertiary/aromatic N) is 4. The minimum Gasteiger partial charge on any atom is -0.494 e. The van der Waals surface area contributed by atoms with Crippen LogP contribution in [0.4, 0.5) is 14.5 Å². The summed E-state index contributed by atoms with van der Waals surface area (Å²) in [4.78, 5) is 13.1. The number of hydrogen-bond acceptors (Lipinski definition) is 7. The van der Waals surface area contributed by atoms with Crippen molar-refractivity contribution in [1.29, 1.82) is 0 Å². The number of H-pyrrole nitrogens is 1. The molecule has 10 nitrogen and oxygen atoms in total. The Morgan fingerprint density at radius 1 is 1.02 bits per heavy atom. The van der Waals surface area contributed by atoms with Gasteiger partial charge in [-0.15, -0.1) is 0 Å². The fraction of sp³-hybridized carbons (Fsp3) is 0.100. The molecule has 3 aromatic heterocycles. The molecule has 3 aromatic carbocycles. The Kier molecular flexibility index (Phi) is 6.88. The highest BCUT2D eigenvalue weighted by Gasteiger charge is 2.19. The first-order valence-electron chi connectivity index (χ1n) is 12.9. The number of hydrogen-bond donors (Lipinski definition) is 4. The van der Waals surface area contributed by atoms with Gasteiger partial charge in [-0.2, -0.15) is 10.2 Å². The van der Waals surface area contributed by atoms with Crippen LogP contribution in [0.25, 0.3) is 27.7 Å². The number of aromatic amines is 1. The fourth-order valence-corrected chi connectivity index (χ4v) is 4.68. The van der Waals surface area contributed by atoms with Crippen molar-refractivity contribution < 1.29 is 23.7 Å². The quantitative estimate of drug-likeness (QED) is 0.178. The molecule has 0 fully saturated rings. The molecule has 4 N–H and O–H groups in total. The maximum absolute atomic E-state index is 15.3. The molecule has 0 radical (unpaired) electrons. The van der Waals surface area contributed by atoms with E-state index < -0.39 is 29.3 Å². The summed E-state index contributed by atoms with van der Waals surface area (Å²) in [6.45, 7) is 2.66. The van der Waals surface area contributed by atoms with Crippen LogP contribution < -0.4 is 15.6 Å². The number of aromatic nitrogens is 5. The van der Waals surface area contributed by atoms with Gasteiger partial charge in [0.2, 0.25) is 0 Å². The summed E-state index contributed by atoms with van der Waals surface area (Å²) in [5, 5.41) is 35.7. The highest BCUT2D eigenvalue weighted by Crippen LogP contribution is 2.38. The number of aliphatic hydroxyl groups excluding tert-OH is 1. The van der Waals surface area contributed by atoms with Crippen molar-refractivity contribution in [3.8, 4) is 34.2 Å². The zero-order valence-corrected chi connectivity index (χ0v) is 22.1. The van der Waals surface area contributed by atoms with Crippen LogP contribution in [-0.4, -0.2) is 34.8 Å². The van der Waals surface area contributed by atoms with E-state index in [-0.39, 0.29) is 22.7 Å². The van der Waals surface area contributed by atoms with Crippen LogP contribution in [0, 0.1) is 11.6 Å². The molecule has 0 spiro atoms. The Hall–Kier alpha value is -5.49. The van der Waals surface area contributed by atoms with Gasteiger partial charge in [-0.3, -0.25) is 14.6 Å². The number of benzene rings is 3. The second-order valence-corrected chi connectivity index (χ2v) is 9.41. The molecule has 3 heterocycles. The zero-order valence-electron chi connectivity index (χ0n) is 22.1. The Morgan fingerprint density at radius 3 is 2.55 bits per heavy atom. The third-order valence-electron chi connectivity index (χ3n) is 6.78. The molecule has 42 heavy (non-hydrogen) atoms. The van der Waals surface area contributed by atoms with Crippen molar-refractivity contribution in [3.63, 3.8) is 0 Å². The Bertz CT molecular complexity index is 1950. The van der Waals surface area contributed by atoms with Crippen LogP contribution in [0.5, 0.6) is 17.4 Å². The van der Waals surface area contributed by atoms with Gasteiger partial charge in [0.25, 0.3) is 5.56 Å². The van der Waals surface area contributed by atoms with Gasteiger partial charge in [-0.25, -0.2) is 13.3 Å². The molecule has 0 amide bonds. The van der Waals surface area contributed by atoms with Gasteiger partial charge in [-0.05, 0) is 67.6 Å². The highest BCUT2D eigenvalue weighted by atomic mass is 19.1. The van der Waals surface area contributed by atoms with Crippen LogP contribution >= 0.6 is 0 Å². The molecule has 1 atom stereocenters. The lowest BCUT2D eigenvalue weighted by Crippen LogP contribution is -2.26. The van der Waals surface area contributed by atoms with Gasteiger partial charge in [0.1, 0.15) is 11.6 Å². The first kappa shape index (κ1) is 26.7. The molecule has 12 heteroatoms. The van der Waals surface area contributed by atoms with E-state index in [0.29, 0.717) is 17.9 Å². The Balaban J connectivity index is 1.27. The first-order valence-corrected chi connectivity index (χ1v) is 12.9. The van der Waals surface area contributed by atoms with E-state index in [2.05, 4.69) is 20.6 Å². The number of pyridine rings is 1. The normalized spacial score (nSPS) is 12.0. The largest absolute Gasteiger partial charge is 0.494 e. The van der Waals surface area contributed by atoms with Crippen molar-refractivity contribution in [1.82, 2.24) is 24.5 Å². The number of fused-ring (bicyclic) bond motifs is 1.